The van der Waals surface area contributed by atoms with E-state index in [2.05, 4.69) is 44.3 Å². The zero-order valence-electron chi connectivity index (χ0n) is 14.8. The number of piperazine rings is 1. The van der Waals surface area contributed by atoms with E-state index < -0.39 is 0 Å². The summed E-state index contributed by atoms with van der Waals surface area (Å²) < 4.78 is 1.72. The fourth-order valence-corrected chi connectivity index (χ4v) is 3.41. The summed E-state index contributed by atoms with van der Waals surface area (Å²) in [6, 6.07) is 15.4. The second kappa shape index (κ2) is 7.55. The lowest BCUT2D eigenvalue weighted by molar-refractivity contribution is -0.384. The van der Waals surface area contributed by atoms with Crippen molar-refractivity contribution in [2.45, 2.75) is 6.54 Å². The lowest BCUT2D eigenvalue weighted by atomic mass is 10.1. The predicted molar refractivity (Wildman–Crippen MR) is 102 cm³/mol. The van der Waals surface area contributed by atoms with Crippen molar-refractivity contribution in [3.63, 3.8) is 0 Å². The molecule has 27 heavy (non-hydrogen) atoms. The summed E-state index contributed by atoms with van der Waals surface area (Å²) >= 11 is 0. The van der Waals surface area contributed by atoms with Gasteiger partial charge in [-0.2, -0.15) is 0 Å². The van der Waals surface area contributed by atoms with Gasteiger partial charge in [-0.05, 0) is 11.6 Å². The standard InChI is InChI=1S/C19H20N6O2/c26-25(27)17-6-7-18(19(12-17)24-14-20-21-15-24)23-10-8-22(9-11-23)13-16-4-2-1-3-5-16/h1-7,12,14-15H,8-11,13H2. The molecule has 1 aliphatic heterocycles. The molecule has 0 atom stereocenters. The highest BCUT2D eigenvalue weighted by Gasteiger charge is 2.22. The lowest BCUT2D eigenvalue weighted by Crippen LogP contribution is -2.46. The molecule has 0 saturated carbocycles. The molecular weight excluding hydrogens is 344 g/mol. The molecule has 1 aliphatic rings. The molecule has 2 aromatic carbocycles. The number of hydrogen-bond acceptors (Lipinski definition) is 6. The second-order valence-electron chi connectivity index (χ2n) is 6.55. The largest absolute Gasteiger partial charge is 0.367 e. The number of nitro benzene ring substituents is 1. The Labute approximate surface area is 156 Å². The molecule has 0 N–H and O–H groups in total. The van der Waals surface area contributed by atoms with Gasteiger partial charge in [-0.3, -0.25) is 19.6 Å². The third-order valence-corrected chi connectivity index (χ3v) is 4.83. The molecule has 1 aromatic heterocycles. The number of aromatic nitrogens is 3. The van der Waals surface area contributed by atoms with Crippen molar-refractivity contribution in [3.8, 4) is 5.69 Å². The zero-order valence-corrected chi connectivity index (χ0v) is 14.8. The summed E-state index contributed by atoms with van der Waals surface area (Å²) in [7, 11) is 0. The fourth-order valence-electron chi connectivity index (χ4n) is 3.41. The smallest absolute Gasteiger partial charge is 0.271 e. The van der Waals surface area contributed by atoms with Gasteiger partial charge in [0.05, 0.1) is 16.3 Å². The van der Waals surface area contributed by atoms with Gasteiger partial charge in [0, 0.05) is 44.9 Å². The highest BCUT2D eigenvalue weighted by molar-refractivity contribution is 5.66. The highest BCUT2D eigenvalue weighted by Crippen LogP contribution is 2.29. The molecule has 4 rings (SSSR count). The summed E-state index contributed by atoms with van der Waals surface area (Å²) in [4.78, 5) is 15.5. The Morgan fingerprint density at radius 2 is 1.63 bits per heavy atom. The SMILES string of the molecule is O=[N+]([O-])c1ccc(N2CCN(Cc3ccccc3)CC2)c(-n2cnnc2)c1. The molecule has 0 radical (unpaired) electrons. The summed E-state index contributed by atoms with van der Waals surface area (Å²) in [5, 5.41) is 18.8. The Hall–Kier alpha value is -3.26. The topological polar surface area (TPSA) is 80.3 Å². The molecule has 0 unspecified atom stereocenters. The van der Waals surface area contributed by atoms with Crippen LogP contribution in [0.4, 0.5) is 11.4 Å². The van der Waals surface area contributed by atoms with Gasteiger partial charge in [-0.25, -0.2) is 0 Å². The first-order chi connectivity index (χ1) is 13.2. The van der Waals surface area contributed by atoms with Crippen LogP contribution in [0.5, 0.6) is 0 Å². The normalized spacial score (nSPS) is 15.0. The summed E-state index contributed by atoms with van der Waals surface area (Å²) in [5.41, 5.74) is 3.06. The van der Waals surface area contributed by atoms with Gasteiger partial charge >= 0.3 is 0 Å². The first-order valence-electron chi connectivity index (χ1n) is 8.85. The van der Waals surface area contributed by atoms with Crippen LogP contribution in [-0.4, -0.2) is 50.8 Å². The molecule has 8 nitrogen and oxygen atoms in total. The van der Waals surface area contributed by atoms with Gasteiger partial charge in [0.2, 0.25) is 0 Å². The van der Waals surface area contributed by atoms with E-state index in [0.29, 0.717) is 0 Å². The fraction of sp³-hybridized carbons (Fsp3) is 0.263. The molecule has 1 fully saturated rings. The van der Waals surface area contributed by atoms with Crippen LogP contribution in [0.1, 0.15) is 5.56 Å². The molecule has 8 heteroatoms. The zero-order chi connectivity index (χ0) is 18.6. The average Bonchev–Trinajstić information content (AvgIpc) is 3.24. The molecule has 138 valence electrons. The van der Waals surface area contributed by atoms with Gasteiger partial charge in [0.25, 0.3) is 5.69 Å². The molecule has 0 spiro atoms. The van der Waals surface area contributed by atoms with Gasteiger partial charge < -0.3 is 4.90 Å². The minimum Gasteiger partial charge on any atom is -0.367 e. The summed E-state index contributed by atoms with van der Waals surface area (Å²) in [6.45, 7) is 4.54. The molecule has 0 aliphatic carbocycles. The van der Waals surface area contributed by atoms with Crippen LogP contribution in [0.3, 0.4) is 0 Å². The number of anilines is 1. The minimum atomic E-state index is -0.380. The third kappa shape index (κ3) is 3.80. The van der Waals surface area contributed by atoms with Crippen LogP contribution in [-0.2, 0) is 6.54 Å². The second-order valence-corrected chi connectivity index (χ2v) is 6.55. The Balaban J connectivity index is 1.52. The monoisotopic (exact) mass is 364 g/mol. The number of benzene rings is 2. The molecule has 0 bridgehead atoms. The number of hydrogen-bond donors (Lipinski definition) is 0. The predicted octanol–water partition coefficient (Wildman–Crippen LogP) is 2.50. The lowest BCUT2D eigenvalue weighted by Gasteiger charge is -2.37. The van der Waals surface area contributed by atoms with Gasteiger partial charge in [-0.15, -0.1) is 10.2 Å². The van der Waals surface area contributed by atoms with E-state index in [9.17, 15) is 10.1 Å². The van der Waals surface area contributed by atoms with Gasteiger partial charge in [0.1, 0.15) is 12.7 Å². The van der Waals surface area contributed by atoms with Crippen molar-refractivity contribution in [1.82, 2.24) is 19.7 Å². The van der Waals surface area contributed by atoms with Crippen LogP contribution in [0.15, 0.2) is 61.2 Å². The first kappa shape index (κ1) is 17.2. The van der Waals surface area contributed by atoms with Crippen LogP contribution >= 0.6 is 0 Å². The van der Waals surface area contributed by atoms with E-state index >= 15 is 0 Å². The minimum absolute atomic E-state index is 0.0603. The summed E-state index contributed by atoms with van der Waals surface area (Å²) in [6.07, 6.45) is 3.13. The van der Waals surface area contributed by atoms with E-state index in [0.717, 1.165) is 44.1 Å². The Morgan fingerprint density at radius 3 is 2.30 bits per heavy atom. The maximum absolute atomic E-state index is 11.2. The molecule has 0 amide bonds. The number of nitrogens with zero attached hydrogens (tertiary/aromatic N) is 6. The molecule has 2 heterocycles. The van der Waals surface area contributed by atoms with E-state index in [-0.39, 0.29) is 10.6 Å². The van der Waals surface area contributed by atoms with Crippen molar-refractivity contribution in [3.05, 3.63) is 76.9 Å². The molecular formula is C19H20N6O2. The average molecular weight is 364 g/mol. The van der Waals surface area contributed by atoms with Crippen molar-refractivity contribution in [1.29, 1.82) is 0 Å². The van der Waals surface area contributed by atoms with Crippen molar-refractivity contribution in [2.24, 2.45) is 0 Å². The summed E-state index contributed by atoms with van der Waals surface area (Å²) in [5.74, 6) is 0. The van der Waals surface area contributed by atoms with Crippen LogP contribution in [0.25, 0.3) is 5.69 Å². The Bertz CT molecular complexity index is 905. The molecule has 3 aromatic rings. The van der Waals surface area contributed by atoms with Crippen molar-refractivity contribution < 1.29 is 4.92 Å². The van der Waals surface area contributed by atoms with E-state index in [1.807, 2.05) is 12.1 Å². The Kier molecular flexibility index (Phi) is 4.80. The third-order valence-electron chi connectivity index (χ3n) is 4.83. The van der Waals surface area contributed by atoms with Gasteiger partial charge in [-0.1, -0.05) is 30.3 Å². The number of non-ortho nitro benzene ring substituents is 1. The van der Waals surface area contributed by atoms with Crippen LogP contribution in [0, 0.1) is 10.1 Å². The van der Waals surface area contributed by atoms with Crippen LogP contribution < -0.4 is 4.90 Å². The van der Waals surface area contributed by atoms with E-state index in [1.54, 1.807) is 29.4 Å². The van der Waals surface area contributed by atoms with Crippen molar-refractivity contribution >= 4 is 11.4 Å². The van der Waals surface area contributed by atoms with E-state index in [4.69, 9.17) is 0 Å². The number of rotatable bonds is 5. The first-order valence-corrected chi connectivity index (χ1v) is 8.85. The Morgan fingerprint density at radius 1 is 0.926 bits per heavy atom. The van der Waals surface area contributed by atoms with Crippen LogP contribution in [0.2, 0.25) is 0 Å². The van der Waals surface area contributed by atoms with Gasteiger partial charge in [0.15, 0.2) is 0 Å². The maximum Gasteiger partial charge on any atom is 0.271 e. The van der Waals surface area contributed by atoms with Crippen molar-refractivity contribution in [2.75, 3.05) is 31.1 Å². The maximum atomic E-state index is 11.2. The quantitative estimate of drug-likeness (QED) is 0.511. The van der Waals surface area contributed by atoms with E-state index in [1.165, 1.54) is 5.56 Å². The molecule has 1 saturated heterocycles. The highest BCUT2D eigenvalue weighted by atomic mass is 16.6. The number of nitro groups is 1.